The van der Waals surface area contributed by atoms with E-state index in [1.54, 1.807) is 52.5 Å². The first kappa shape index (κ1) is 15.0. The molecule has 8 heteroatoms. The standard InChI is InChI=1S/C17H15N7O/c1-11-14-7-12(8-20-16(14)23(2)22-11)17(25)21-13-3-4-15(19-9-13)24-6-5-18-10-24/h3-10H,1-2H3,(H,21,25). The highest BCUT2D eigenvalue weighted by Crippen LogP contribution is 2.17. The third-order valence-electron chi connectivity index (χ3n) is 3.90. The Labute approximate surface area is 143 Å². The van der Waals surface area contributed by atoms with E-state index >= 15 is 0 Å². The summed E-state index contributed by atoms with van der Waals surface area (Å²) >= 11 is 0. The van der Waals surface area contributed by atoms with Crippen molar-refractivity contribution in [3.63, 3.8) is 0 Å². The van der Waals surface area contributed by atoms with Gasteiger partial charge in [-0.3, -0.25) is 14.0 Å². The van der Waals surface area contributed by atoms with Gasteiger partial charge in [-0.2, -0.15) is 5.10 Å². The number of aromatic nitrogens is 6. The average Bonchev–Trinajstić information content (AvgIpc) is 3.24. The molecule has 0 fully saturated rings. The van der Waals surface area contributed by atoms with Crippen LogP contribution in [0.3, 0.4) is 0 Å². The van der Waals surface area contributed by atoms with E-state index < -0.39 is 0 Å². The summed E-state index contributed by atoms with van der Waals surface area (Å²) in [5, 5.41) is 8.01. The van der Waals surface area contributed by atoms with Crippen LogP contribution >= 0.6 is 0 Å². The lowest BCUT2D eigenvalue weighted by atomic mass is 10.2. The molecular weight excluding hydrogens is 318 g/mol. The van der Waals surface area contributed by atoms with Crippen molar-refractivity contribution < 1.29 is 4.79 Å². The maximum Gasteiger partial charge on any atom is 0.257 e. The Balaban J connectivity index is 1.56. The highest BCUT2D eigenvalue weighted by atomic mass is 16.1. The van der Waals surface area contributed by atoms with Crippen LogP contribution in [0, 0.1) is 6.92 Å². The second-order valence-electron chi connectivity index (χ2n) is 5.63. The van der Waals surface area contributed by atoms with Crippen molar-refractivity contribution in [1.82, 2.24) is 29.3 Å². The van der Waals surface area contributed by atoms with Gasteiger partial charge in [-0.15, -0.1) is 0 Å². The van der Waals surface area contributed by atoms with Gasteiger partial charge in [0.05, 0.1) is 23.1 Å². The SMILES string of the molecule is Cc1nn(C)c2ncc(C(=O)Nc3ccc(-n4ccnc4)nc3)cc12. The number of rotatable bonds is 3. The first-order valence-electron chi connectivity index (χ1n) is 7.67. The molecule has 0 unspecified atom stereocenters. The normalized spacial score (nSPS) is 11.0. The molecular formula is C17H15N7O. The molecule has 4 rings (SSSR count). The molecule has 0 spiro atoms. The van der Waals surface area contributed by atoms with Crippen LogP contribution in [0.2, 0.25) is 0 Å². The highest BCUT2D eigenvalue weighted by molar-refractivity contribution is 6.05. The van der Waals surface area contributed by atoms with Gasteiger partial charge in [0.15, 0.2) is 5.65 Å². The number of hydrogen-bond donors (Lipinski definition) is 1. The van der Waals surface area contributed by atoms with E-state index in [0.717, 1.165) is 22.5 Å². The van der Waals surface area contributed by atoms with Crippen molar-refractivity contribution in [2.24, 2.45) is 7.05 Å². The number of nitrogens with zero attached hydrogens (tertiary/aromatic N) is 6. The van der Waals surface area contributed by atoms with Gasteiger partial charge in [-0.05, 0) is 25.1 Å². The van der Waals surface area contributed by atoms with Gasteiger partial charge in [0.2, 0.25) is 0 Å². The van der Waals surface area contributed by atoms with E-state index in [-0.39, 0.29) is 5.91 Å². The van der Waals surface area contributed by atoms with Gasteiger partial charge in [-0.1, -0.05) is 0 Å². The van der Waals surface area contributed by atoms with Crippen LogP contribution in [0.5, 0.6) is 0 Å². The minimum absolute atomic E-state index is 0.241. The Morgan fingerprint density at radius 2 is 2.08 bits per heavy atom. The number of carbonyl (C=O) groups excluding carboxylic acids is 1. The summed E-state index contributed by atoms with van der Waals surface area (Å²) in [7, 11) is 1.83. The van der Waals surface area contributed by atoms with Crippen molar-refractivity contribution in [2.75, 3.05) is 5.32 Å². The predicted molar refractivity (Wildman–Crippen MR) is 92.6 cm³/mol. The van der Waals surface area contributed by atoms with Gasteiger partial charge in [-0.25, -0.2) is 15.0 Å². The van der Waals surface area contributed by atoms with Crippen molar-refractivity contribution in [1.29, 1.82) is 0 Å². The zero-order valence-electron chi connectivity index (χ0n) is 13.7. The molecule has 0 aliphatic rings. The summed E-state index contributed by atoms with van der Waals surface area (Å²) < 4.78 is 3.49. The van der Waals surface area contributed by atoms with Crippen LogP contribution in [0.1, 0.15) is 16.1 Å². The zero-order valence-corrected chi connectivity index (χ0v) is 13.7. The molecule has 0 atom stereocenters. The van der Waals surface area contributed by atoms with Crippen molar-refractivity contribution >= 4 is 22.6 Å². The third kappa shape index (κ3) is 2.74. The summed E-state index contributed by atoms with van der Waals surface area (Å²) in [6.45, 7) is 1.89. The molecule has 8 nitrogen and oxygen atoms in total. The molecule has 4 aromatic heterocycles. The lowest BCUT2D eigenvalue weighted by Crippen LogP contribution is -2.12. The summed E-state index contributed by atoms with van der Waals surface area (Å²) in [5.41, 5.74) is 2.67. The lowest BCUT2D eigenvalue weighted by molar-refractivity contribution is 0.102. The maximum atomic E-state index is 12.5. The molecule has 0 aromatic carbocycles. The molecule has 124 valence electrons. The monoisotopic (exact) mass is 333 g/mol. The van der Waals surface area contributed by atoms with Gasteiger partial charge in [0.25, 0.3) is 5.91 Å². The minimum Gasteiger partial charge on any atom is -0.321 e. The van der Waals surface area contributed by atoms with E-state index in [4.69, 9.17) is 0 Å². The second kappa shape index (κ2) is 5.82. The highest BCUT2D eigenvalue weighted by Gasteiger charge is 2.12. The fourth-order valence-electron chi connectivity index (χ4n) is 2.64. The van der Waals surface area contributed by atoms with Crippen LogP contribution < -0.4 is 5.32 Å². The molecule has 0 aliphatic heterocycles. The van der Waals surface area contributed by atoms with Gasteiger partial charge in [0, 0.05) is 31.0 Å². The average molecular weight is 333 g/mol. The van der Waals surface area contributed by atoms with Crippen LogP contribution in [0.25, 0.3) is 16.9 Å². The number of pyridine rings is 2. The van der Waals surface area contributed by atoms with Crippen molar-refractivity contribution in [3.8, 4) is 5.82 Å². The quantitative estimate of drug-likeness (QED) is 0.620. The number of nitrogens with one attached hydrogen (secondary N) is 1. The lowest BCUT2D eigenvalue weighted by Gasteiger charge is -2.06. The molecule has 4 aromatic rings. The number of carbonyl (C=O) groups is 1. The largest absolute Gasteiger partial charge is 0.321 e. The number of anilines is 1. The summed E-state index contributed by atoms with van der Waals surface area (Å²) in [6, 6.07) is 5.40. The Morgan fingerprint density at radius 1 is 1.20 bits per heavy atom. The fraction of sp³-hybridized carbons (Fsp3) is 0.118. The zero-order chi connectivity index (χ0) is 17.4. The summed E-state index contributed by atoms with van der Waals surface area (Å²) in [4.78, 5) is 25.1. The predicted octanol–water partition coefficient (Wildman–Crippen LogP) is 2.11. The van der Waals surface area contributed by atoms with Crippen LogP contribution in [-0.2, 0) is 7.05 Å². The Kier molecular flexibility index (Phi) is 3.50. The number of imidazole rings is 1. The molecule has 1 amide bonds. The van der Waals surface area contributed by atoms with Crippen molar-refractivity contribution in [2.45, 2.75) is 6.92 Å². The van der Waals surface area contributed by atoms with Crippen LogP contribution in [0.15, 0.2) is 49.3 Å². The Morgan fingerprint density at radius 3 is 2.80 bits per heavy atom. The Hall–Kier alpha value is -3.55. The first-order chi connectivity index (χ1) is 12.1. The van der Waals surface area contributed by atoms with Crippen LogP contribution in [-0.4, -0.2) is 35.2 Å². The van der Waals surface area contributed by atoms with E-state index in [2.05, 4.69) is 25.4 Å². The molecule has 0 saturated heterocycles. The molecule has 0 radical (unpaired) electrons. The van der Waals surface area contributed by atoms with Gasteiger partial charge < -0.3 is 5.32 Å². The smallest absolute Gasteiger partial charge is 0.257 e. The summed E-state index contributed by atoms with van der Waals surface area (Å²) in [5.74, 6) is 0.486. The topological polar surface area (TPSA) is 90.5 Å². The number of amides is 1. The fourth-order valence-corrected chi connectivity index (χ4v) is 2.64. The van der Waals surface area contributed by atoms with Gasteiger partial charge >= 0.3 is 0 Å². The molecule has 0 aliphatic carbocycles. The minimum atomic E-state index is -0.241. The molecule has 1 N–H and O–H groups in total. The number of aryl methyl sites for hydroxylation is 2. The maximum absolute atomic E-state index is 12.5. The molecule has 4 heterocycles. The molecule has 0 bridgehead atoms. The molecule has 25 heavy (non-hydrogen) atoms. The second-order valence-corrected chi connectivity index (χ2v) is 5.63. The van der Waals surface area contributed by atoms with E-state index in [0.29, 0.717) is 11.3 Å². The van der Waals surface area contributed by atoms with E-state index in [9.17, 15) is 4.79 Å². The Bertz CT molecular complexity index is 1050. The van der Waals surface area contributed by atoms with E-state index in [1.165, 1.54) is 0 Å². The first-order valence-corrected chi connectivity index (χ1v) is 7.67. The number of fused-ring (bicyclic) bond motifs is 1. The third-order valence-corrected chi connectivity index (χ3v) is 3.90. The molecule has 0 saturated carbocycles. The van der Waals surface area contributed by atoms with Gasteiger partial charge in [0.1, 0.15) is 12.1 Å². The van der Waals surface area contributed by atoms with Crippen LogP contribution in [0.4, 0.5) is 5.69 Å². The van der Waals surface area contributed by atoms with E-state index in [1.807, 2.05) is 20.0 Å². The number of hydrogen-bond acceptors (Lipinski definition) is 5. The summed E-state index contributed by atoms with van der Waals surface area (Å²) in [6.07, 6.45) is 8.30. The van der Waals surface area contributed by atoms with Crippen molar-refractivity contribution in [3.05, 3.63) is 60.6 Å².